The second-order valence-corrected chi connectivity index (χ2v) is 4.86. The summed E-state index contributed by atoms with van der Waals surface area (Å²) < 4.78 is 39.4. The van der Waals surface area contributed by atoms with Crippen LogP contribution in [0.4, 0.5) is 8.78 Å². The minimum Gasteiger partial charge on any atom is -0.483 e. The minimum atomic E-state index is -2.91. The van der Waals surface area contributed by atoms with E-state index in [0.29, 0.717) is 23.2 Å². The smallest absolute Gasteiger partial charge is 0.387 e. The molecule has 3 aromatic rings. The Morgan fingerprint density at radius 2 is 2.00 bits per heavy atom. The van der Waals surface area contributed by atoms with E-state index >= 15 is 0 Å². The third-order valence-corrected chi connectivity index (χ3v) is 3.18. The first kappa shape index (κ1) is 16.6. The fourth-order valence-corrected chi connectivity index (χ4v) is 2.09. The largest absolute Gasteiger partial charge is 0.483 e. The summed E-state index contributed by atoms with van der Waals surface area (Å²) in [6.07, 6.45) is 0.684. The number of aromatic nitrogens is 2. The molecule has 0 radical (unpaired) electrons. The van der Waals surface area contributed by atoms with E-state index < -0.39 is 6.61 Å². The molecule has 0 atom stereocenters. The molecule has 1 aromatic heterocycles. The third kappa shape index (κ3) is 4.17. The van der Waals surface area contributed by atoms with E-state index in [1.807, 2.05) is 0 Å². The maximum absolute atomic E-state index is 12.3. The number of alkyl halides is 2. The second-order valence-electron chi connectivity index (χ2n) is 4.86. The number of nitrogens with zero attached hydrogens (tertiary/aromatic N) is 2. The highest BCUT2D eigenvalue weighted by atomic mass is 19.3. The maximum Gasteiger partial charge on any atom is 0.387 e. The summed E-state index contributed by atoms with van der Waals surface area (Å²) in [5.74, 6) is 0.775. The highest BCUT2D eigenvalue weighted by molar-refractivity contribution is 5.79. The van der Waals surface area contributed by atoms with Crippen LogP contribution < -0.4 is 9.47 Å². The number of hydrogen-bond acceptors (Lipinski definition) is 6. The van der Waals surface area contributed by atoms with Crippen LogP contribution in [0.1, 0.15) is 16.2 Å². The van der Waals surface area contributed by atoms with E-state index in [1.165, 1.54) is 12.1 Å². The lowest BCUT2D eigenvalue weighted by Gasteiger charge is -2.05. The van der Waals surface area contributed by atoms with Crippen molar-refractivity contribution in [3.8, 4) is 22.9 Å². The van der Waals surface area contributed by atoms with Crippen LogP contribution in [-0.4, -0.2) is 23.0 Å². The number of rotatable bonds is 7. The molecule has 0 spiro atoms. The Morgan fingerprint density at radius 3 is 2.80 bits per heavy atom. The quantitative estimate of drug-likeness (QED) is 0.607. The van der Waals surface area contributed by atoms with Gasteiger partial charge in [0.2, 0.25) is 5.82 Å². The maximum atomic E-state index is 12.3. The number of benzene rings is 2. The highest BCUT2D eigenvalue weighted by Crippen LogP contribution is 2.23. The summed E-state index contributed by atoms with van der Waals surface area (Å²) >= 11 is 0. The number of carbonyl (C=O) groups excluding carboxylic acids is 1. The van der Waals surface area contributed by atoms with Gasteiger partial charge in [0.25, 0.3) is 5.89 Å². The van der Waals surface area contributed by atoms with Gasteiger partial charge in [-0.25, -0.2) is 0 Å². The summed E-state index contributed by atoms with van der Waals surface area (Å²) in [5.41, 5.74) is 0.862. The molecule has 0 bridgehead atoms. The van der Waals surface area contributed by atoms with Gasteiger partial charge in [-0.05, 0) is 24.3 Å². The van der Waals surface area contributed by atoms with Gasteiger partial charge in [-0.3, -0.25) is 4.79 Å². The topological polar surface area (TPSA) is 74.5 Å². The Morgan fingerprint density at radius 1 is 1.16 bits per heavy atom. The molecule has 25 heavy (non-hydrogen) atoms. The van der Waals surface area contributed by atoms with Crippen LogP contribution in [0, 0.1) is 0 Å². The van der Waals surface area contributed by atoms with Crippen LogP contribution in [-0.2, 0) is 6.61 Å². The first-order valence-electron chi connectivity index (χ1n) is 7.20. The molecule has 0 aliphatic carbocycles. The Bertz CT molecular complexity index is 867. The monoisotopic (exact) mass is 346 g/mol. The van der Waals surface area contributed by atoms with Gasteiger partial charge in [0.15, 0.2) is 12.9 Å². The van der Waals surface area contributed by atoms with Crippen LogP contribution >= 0.6 is 0 Å². The third-order valence-electron chi connectivity index (χ3n) is 3.18. The molecular formula is C17H12F2N2O4. The molecule has 0 amide bonds. The second kappa shape index (κ2) is 7.52. The van der Waals surface area contributed by atoms with Gasteiger partial charge in [0.05, 0.1) is 5.56 Å². The van der Waals surface area contributed by atoms with E-state index in [-0.39, 0.29) is 24.1 Å². The van der Waals surface area contributed by atoms with Gasteiger partial charge < -0.3 is 14.0 Å². The number of ether oxygens (including phenoxy) is 2. The molecule has 0 fully saturated rings. The average Bonchev–Trinajstić information content (AvgIpc) is 3.09. The van der Waals surface area contributed by atoms with Crippen molar-refractivity contribution < 1.29 is 27.6 Å². The van der Waals surface area contributed by atoms with Crippen molar-refractivity contribution in [2.45, 2.75) is 13.2 Å². The van der Waals surface area contributed by atoms with Crippen molar-refractivity contribution in [3.05, 3.63) is 60.0 Å². The summed E-state index contributed by atoms with van der Waals surface area (Å²) in [5, 5.41) is 3.78. The fourth-order valence-electron chi connectivity index (χ4n) is 2.09. The number of hydrogen-bond donors (Lipinski definition) is 0. The van der Waals surface area contributed by atoms with Gasteiger partial charge in [0, 0.05) is 5.56 Å². The highest BCUT2D eigenvalue weighted by Gasteiger charge is 2.12. The van der Waals surface area contributed by atoms with Crippen LogP contribution in [0.15, 0.2) is 53.1 Å². The van der Waals surface area contributed by atoms with Crippen LogP contribution in [0.2, 0.25) is 0 Å². The van der Waals surface area contributed by atoms with E-state index in [9.17, 15) is 13.6 Å². The van der Waals surface area contributed by atoms with Gasteiger partial charge in [-0.15, -0.1) is 0 Å². The zero-order valence-corrected chi connectivity index (χ0v) is 12.8. The predicted octanol–water partition coefficient (Wildman–Crippen LogP) is 3.73. The zero-order chi connectivity index (χ0) is 17.6. The van der Waals surface area contributed by atoms with Crippen molar-refractivity contribution in [1.29, 1.82) is 0 Å². The first-order valence-corrected chi connectivity index (χ1v) is 7.20. The lowest BCUT2D eigenvalue weighted by atomic mass is 10.2. The Kier molecular flexibility index (Phi) is 4.98. The van der Waals surface area contributed by atoms with Crippen molar-refractivity contribution in [1.82, 2.24) is 10.1 Å². The van der Waals surface area contributed by atoms with E-state index in [2.05, 4.69) is 14.9 Å². The van der Waals surface area contributed by atoms with Crippen LogP contribution in [0.3, 0.4) is 0 Å². The van der Waals surface area contributed by atoms with Crippen molar-refractivity contribution >= 4 is 6.29 Å². The van der Waals surface area contributed by atoms with Gasteiger partial charge in [-0.1, -0.05) is 29.4 Å². The molecule has 3 rings (SSSR count). The van der Waals surface area contributed by atoms with Gasteiger partial charge in [0.1, 0.15) is 11.5 Å². The lowest BCUT2D eigenvalue weighted by Crippen LogP contribution is -2.01. The summed E-state index contributed by atoms with van der Waals surface area (Å²) in [4.78, 5) is 15.1. The Hall–Kier alpha value is -3.29. The fraction of sp³-hybridized carbons (Fsp3) is 0.118. The Balaban J connectivity index is 1.71. The van der Waals surface area contributed by atoms with Gasteiger partial charge >= 0.3 is 6.61 Å². The molecule has 6 nitrogen and oxygen atoms in total. The van der Waals surface area contributed by atoms with Crippen molar-refractivity contribution in [2.24, 2.45) is 0 Å². The number of aldehydes is 1. The van der Waals surface area contributed by atoms with Crippen LogP contribution in [0.25, 0.3) is 11.4 Å². The molecule has 0 aliphatic rings. The van der Waals surface area contributed by atoms with E-state index in [0.717, 1.165) is 0 Å². The predicted molar refractivity (Wildman–Crippen MR) is 82.5 cm³/mol. The Labute approximate surface area is 141 Å². The molecule has 128 valence electrons. The number of carbonyl (C=O) groups is 1. The molecular weight excluding hydrogens is 334 g/mol. The van der Waals surface area contributed by atoms with Crippen molar-refractivity contribution in [2.75, 3.05) is 0 Å². The van der Waals surface area contributed by atoms with E-state index in [4.69, 9.17) is 9.26 Å². The molecule has 0 saturated carbocycles. The molecule has 2 aromatic carbocycles. The molecule has 0 N–H and O–H groups in total. The number of halogens is 2. The lowest BCUT2D eigenvalue weighted by molar-refractivity contribution is -0.0498. The standard InChI is InChI=1S/C17H12F2N2O4/c18-17(19)24-13-6-3-5-11(8-13)16-20-15(25-21-16)10-23-14-7-2-1-4-12(14)9-22/h1-9,17H,10H2. The molecule has 0 unspecified atom stereocenters. The van der Waals surface area contributed by atoms with Crippen LogP contribution in [0.5, 0.6) is 11.5 Å². The average molecular weight is 346 g/mol. The summed E-state index contributed by atoms with van der Waals surface area (Å²) in [7, 11) is 0. The first-order chi connectivity index (χ1) is 12.2. The number of para-hydroxylation sites is 1. The summed E-state index contributed by atoms with van der Waals surface area (Å²) in [6, 6.07) is 12.7. The molecule has 0 aliphatic heterocycles. The minimum absolute atomic E-state index is 0.00462. The summed E-state index contributed by atoms with van der Waals surface area (Å²) in [6.45, 7) is -2.95. The normalized spacial score (nSPS) is 10.7. The van der Waals surface area contributed by atoms with E-state index in [1.54, 1.807) is 36.4 Å². The molecule has 8 heteroatoms. The zero-order valence-electron chi connectivity index (χ0n) is 12.8. The molecule has 0 saturated heterocycles. The molecule has 1 heterocycles. The SMILES string of the molecule is O=Cc1ccccc1OCc1nc(-c2cccc(OC(F)F)c2)no1. The van der Waals surface area contributed by atoms with Crippen molar-refractivity contribution in [3.63, 3.8) is 0 Å². The van der Waals surface area contributed by atoms with Gasteiger partial charge in [-0.2, -0.15) is 13.8 Å².